The zero-order valence-corrected chi connectivity index (χ0v) is 12.2. The molecule has 0 N–H and O–H groups in total. The molecule has 0 fully saturated rings. The Morgan fingerprint density at radius 2 is 2.05 bits per heavy atom. The van der Waals surface area contributed by atoms with Crippen LogP contribution in [-0.4, -0.2) is 42.0 Å². The molecular weight excluding hydrogens is 282 g/mol. The Kier molecular flexibility index (Phi) is 6.20. The van der Waals surface area contributed by atoms with E-state index in [-0.39, 0.29) is 18.9 Å². The normalized spacial score (nSPS) is 10.6. The topological polar surface area (TPSA) is 59.5 Å². The number of carbonyl (C=O) groups excluding carboxylic acids is 2. The van der Waals surface area contributed by atoms with Gasteiger partial charge >= 0.3 is 5.97 Å². The summed E-state index contributed by atoms with van der Waals surface area (Å²) in [7, 11) is 1.24. The van der Waals surface area contributed by atoms with Crippen LogP contribution in [0.2, 0.25) is 0 Å². The number of hydrogen-bond donors (Lipinski definition) is 0. The summed E-state index contributed by atoms with van der Waals surface area (Å²) in [5.41, 5.74) is -0.395. The van der Waals surface area contributed by atoms with Crippen molar-refractivity contribution in [2.45, 2.75) is 20.3 Å². The van der Waals surface area contributed by atoms with Crippen molar-refractivity contribution in [2.75, 3.05) is 20.2 Å². The van der Waals surface area contributed by atoms with E-state index >= 15 is 0 Å². The van der Waals surface area contributed by atoms with Gasteiger partial charge in [-0.1, -0.05) is 13.8 Å². The molecule has 0 aliphatic heterocycles. The van der Waals surface area contributed by atoms with Crippen molar-refractivity contribution in [2.24, 2.45) is 5.92 Å². The molecule has 0 saturated heterocycles. The van der Waals surface area contributed by atoms with E-state index in [1.165, 1.54) is 12.0 Å². The molecule has 1 heterocycles. The summed E-state index contributed by atoms with van der Waals surface area (Å²) in [5.74, 6) is -3.64. The van der Waals surface area contributed by atoms with Crippen molar-refractivity contribution in [1.82, 2.24) is 9.88 Å². The lowest BCUT2D eigenvalue weighted by atomic mass is 10.1. The summed E-state index contributed by atoms with van der Waals surface area (Å²) in [4.78, 5) is 27.9. The van der Waals surface area contributed by atoms with Crippen LogP contribution in [-0.2, 0) is 9.53 Å². The van der Waals surface area contributed by atoms with Gasteiger partial charge in [-0.2, -0.15) is 4.39 Å². The highest BCUT2D eigenvalue weighted by atomic mass is 19.2. The van der Waals surface area contributed by atoms with Crippen LogP contribution in [0.4, 0.5) is 8.78 Å². The molecule has 0 unspecified atom stereocenters. The number of carbonyl (C=O) groups is 2. The van der Waals surface area contributed by atoms with E-state index < -0.39 is 29.2 Å². The number of halogens is 2. The van der Waals surface area contributed by atoms with Gasteiger partial charge in [0.2, 0.25) is 5.95 Å². The number of amides is 1. The number of esters is 1. The summed E-state index contributed by atoms with van der Waals surface area (Å²) < 4.78 is 31.3. The summed E-state index contributed by atoms with van der Waals surface area (Å²) in [5, 5.41) is 0. The van der Waals surface area contributed by atoms with E-state index in [9.17, 15) is 18.4 Å². The number of pyridine rings is 1. The van der Waals surface area contributed by atoms with Crippen LogP contribution in [0, 0.1) is 17.7 Å². The number of rotatable bonds is 6. The first-order valence-corrected chi connectivity index (χ1v) is 6.52. The van der Waals surface area contributed by atoms with Gasteiger partial charge in [0, 0.05) is 19.3 Å². The molecule has 1 aromatic rings. The molecule has 0 aromatic carbocycles. The molecule has 5 nitrogen and oxygen atoms in total. The second kappa shape index (κ2) is 7.66. The summed E-state index contributed by atoms with van der Waals surface area (Å²) in [6.07, 6.45) is 1.02. The second-order valence-corrected chi connectivity index (χ2v) is 4.93. The molecular formula is C14H18F2N2O3. The van der Waals surface area contributed by atoms with Gasteiger partial charge in [-0.25, -0.2) is 9.37 Å². The summed E-state index contributed by atoms with van der Waals surface area (Å²) in [6, 6.07) is 1.12. The van der Waals surface area contributed by atoms with E-state index in [4.69, 9.17) is 0 Å². The van der Waals surface area contributed by atoms with Gasteiger partial charge in [-0.05, 0) is 12.0 Å². The molecule has 0 atom stereocenters. The van der Waals surface area contributed by atoms with Gasteiger partial charge < -0.3 is 9.64 Å². The fourth-order valence-electron chi connectivity index (χ4n) is 1.80. The maximum absolute atomic E-state index is 13.6. The Balaban J connectivity index is 2.93. The third-order valence-corrected chi connectivity index (χ3v) is 2.76. The lowest BCUT2D eigenvalue weighted by molar-refractivity contribution is -0.140. The molecule has 7 heteroatoms. The molecule has 0 aliphatic rings. The van der Waals surface area contributed by atoms with Crippen molar-refractivity contribution < 1.29 is 23.1 Å². The molecule has 1 aromatic heterocycles. The second-order valence-electron chi connectivity index (χ2n) is 4.93. The predicted molar refractivity (Wildman–Crippen MR) is 71.5 cm³/mol. The first-order chi connectivity index (χ1) is 9.86. The number of nitrogens with zero attached hydrogens (tertiary/aromatic N) is 2. The van der Waals surface area contributed by atoms with Crippen molar-refractivity contribution in [3.8, 4) is 0 Å². The van der Waals surface area contributed by atoms with Gasteiger partial charge in [0.05, 0.1) is 19.1 Å². The average Bonchev–Trinajstić information content (AvgIpc) is 2.44. The van der Waals surface area contributed by atoms with Crippen LogP contribution in [0.1, 0.15) is 30.6 Å². The smallest absolute Gasteiger partial charge is 0.307 e. The largest absolute Gasteiger partial charge is 0.469 e. The van der Waals surface area contributed by atoms with E-state index in [1.54, 1.807) is 0 Å². The quantitative estimate of drug-likeness (QED) is 0.596. The summed E-state index contributed by atoms with van der Waals surface area (Å²) >= 11 is 0. The number of hydrogen-bond acceptors (Lipinski definition) is 4. The minimum atomic E-state index is -1.32. The van der Waals surface area contributed by atoms with Gasteiger partial charge in [-0.15, -0.1) is 0 Å². The SMILES string of the molecule is COC(=O)CCN(CC(C)C)C(=O)c1ccnc(F)c1F. The Morgan fingerprint density at radius 1 is 1.38 bits per heavy atom. The third kappa shape index (κ3) is 4.77. The monoisotopic (exact) mass is 300 g/mol. The lowest BCUT2D eigenvalue weighted by Crippen LogP contribution is -2.36. The molecule has 116 valence electrons. The van der Waals surface area contributed by atoms with Gasteiger partial charge in [0.25, 0.3) is 5.91 Å². The van der Waals surface area contributed by atoms with Crippen LogP contribution >= 0.6 is 0 Å². The molecule has 0 saturated carbocycles. The molecule has 0 spiro atoms. The highest BCUT2D eigenvalue weighted by Crippen LogP contribution is 2.13. The molecule has 1 rings (SSSR count). The minimum absolute atomic E-state index is 0.00978. The minimum Gasteiger partial charge on any atom is -0.469 e. The van der Waals surface area contributed by atoms with Gasteiger partial charge in [0.1, 0.15) is 0 Å². The standard InChI is InChI=1S/C14H18F2N2O3/c1-9(2)8-18(7-5-11(19)21-3)14(20)10-4-6-17-13(16)12(10)15/h4,6,9H,5,7-8H2,1-3H3. The Labute approximate surface area is 121 Å². The predicted octanol–water partition coefficient (Wildman–Crippen LogP) is 2.02. The maximum Gasteiger partial charge on any atom is 0.307 e. The zero-order valence-electron chi connectivity index (χ0n) is 12.2. The molecule has 1 amide bonds. The van der Waals surface area contributed by atoms with E-state index in [1.807, 2.05) is 13.8 Å². The zero-order chi connectivity index (χ0) is 16.0. The number of methoxy groups -OCH3 is 1. The van der Waals surface area contributed by atoms with Gasteiger partial charge in [-0.3, -0.25) is 9.59 Å². The van der Waals surface area contributed by atoms with E-state index in [0.29, 0.717) is 6.54 Å². The van der Waals surface area contributed by atoms with Crippen LogP contribution in [0.3, 0.4) is 0 Å². The lowest BCUT2D eigenvalue weighted by Gasteiger charge is -2.24. The van der Waals surface area contributed by atoms with Crippen molar-refractivity contribution in [3.63, 3.8) is 0 Å². The van der Waals surface area contributed by atoms with Crippen LogP contribution in [0.5, 0.6) is 0 Å². The van der Waals surface area contributed by atoms with Crippen LogP contribution in [0.25, 0.3) is 0 Å². The van der Waals surface area contributed by atoms with Crippen molar-refractivity contribution in [3.05, 3.63) is 29.6 Å². The highest BCUT2D eigenvalue weighted by molar-refractivity contribution is 5.94. The van der Waals surface area contributed by atoms with E-state index in [0.717, 1.165) is 12.3 Å². The Morgan fingerprint density at radius 3 is 2.62 bits per heavy atom. The number of aromatic nitrogens is 1. The molecule has 0 bridgehead atoms. The fraction of sp³-hybridized carbons (Fsp3) is 0.500. The van der Waals surface area contributed by atoms with E-state index in [2.05, 4.69) is 9.72 Å². The Bertz CT molecular complexity index is 521. The first kappa shape index (κ1) is 17.0. The average molecular weight is 300 g/mol. The molecule has 0 aliphatic carbocycles. The molecule has 0 radical (unpaired) electrons. The Hall–Kier alpha value is -2.05. The third-order valence-electron chi connectivity index (χ3n) is 2.76. The fourth-order valence-corrected chi connectivity index (χ4v) is 1.80. The van der Waals surface area contributed by atoms with Crippen molar-refractivity contribution >= 4 is 11.9 Å². The van der Waals surface area contributed by atoms with Gasteiger partial charge in [0.15, 0.2) is 5.82 Å². The van der Waals surface area contributed by atoms with Crippen LogP contribution < -0.4 is 0 Å². The molecule has 21 heavy (non-hydrogen) atoms. The number of ether oxygens (including phenoxy) is 1. The van der Waals surface area contributed by atoms with Crippen molar-refractivity contribution in [1.29, 1.82) is 0 Å². The van der Waals surface area contributed by atoms with Crippen LogP contribution in [0.15, 0.2) is 12.3 Å². The first-order valence-electron chi connectivity index (χ1n) is 6.52. The maximum atomic E-state index is 13.6. The highest BCUT2D eigenvalue weighted by Gasteiger charge is 2.23. The summed E-state index contributed by atoms with van der Waals surface area (Å²) in [6.45, 7) is 4.15.